The lowest BCUT2D eigenvalue weighted by Gasteiger charge is -2.18. The van der Waals surface area contributed by atoms with Crippen molar-refractivity contribution in [1.82, 2.24) is 14.7 Å². The van der Waals surface area contributed by atoms with Crippen molar-refractivity contribution in [2.45, 2.75) is 45.1 Å². The fourth-order valence-corrected chi connectivity index (χ4v) is 5.13. The molecule has 0 radical (unpaired) electrons. The Balaban J connectivity index is 1.47. The Hall–Kier alpha value is -2.14. The average Bonchev–Trinajstić information content (AvgIpc) is 3.37. The fraction of sp³-hybridized carbons (Fsp3) is 0.524. The number of likely N-dealkylation sites (tertiary alicyclic amines) is 1. The maximum Gasteiger partial charge on any atom is 0.274 e. The first-order valence-electron chi connectivity index (χ1n) is 9.84. The highest BCUT2D eigenvalue weighted by molar-refractivity contribution is 5.94. The Kier molecular flexibility index (Phi) is 3.67. The van der Waals surface area contributed by atoms with Gasteiger partial charge in [-0.05, 0) is 63.0 Å². The number of hydrogen-bond acceptors (Lipinski definition) is 3. The van der Waals surface area contributed by atoms with Crippen molar-refractivity contribution in [2.75, 3.05) is 13.1 Å². The molecule has 3 unspecified atom stereocenters. The van der Waals surface area contributed by atoms with E-state index in [2.05, 4.69) is 31.2 Å². The second-order valence-electron chi connectivity index (χ2n) is 8.25. The molecule has 1 saturated carbocycles. The lowest BCUT2D eigenvalue weighted by atomic mass is 9.98. The predicted octanol–water partition coefficient (Wildman–Crippen LogP) is 2.48. The quantitative estimate of drug-likeness (QED) is 0.905. The molecule has 0 spiro atoms. The Bertz CT molecular complexity index is 854. The number of carbonyl (C=O) groups is 1. The van der Waals surface area contributed by atoms with Gasteiger partial charge in [0.1, 0.15) is 0 Å². The number of aryl methyl sites for hydroxylation is 1. The Labute approximate surface area is 154 Å². The van der Waals surface area contributed by atoms with E-state index in [-0.39, 0.29) is 11.9 Å². The number of benzene rings is 1. The van der Waals surface area contributed by atoms with Gasteiger partial charge in [-0.25, -0.2) is 4.68 Å². The van der Waals surface area contributed by atoms with Gasteiger partial charge in [0.2, 0.25) is 0 Å². The molecule has 5 heteroatoms. The molecular formula is C21H26N4O. The minimum Gasteiger partial charge on any atom is -0.337 e. The highest BCUT2D eigenvalue weighted by Crippen LogP contribution is 2.38. The molecule has 1 aromatic heterocycles. The molecule has 5 rings (SSSR count). The average molecular weight is 350 g/mol. The number of rotatable bonds is 2. The van der Waals surface area contributed by atoms with E-state index in [9.17, 15) is 4.79 Å². The second-order valence-corrected chi connectivity index (χ2v) is 8.25. The third kappa shape index (κ3) is 2.41. The van der Waals surface area contributed by atoms with Crippen molar-refractivity contribution < 1.29 is 4.79 Å². The molecule has 3 atom stereocenters. The van der Waals surface area contributed by atoms with Crippen LogP contribution in [0.4, 0.5) is 0 Å². The van der Waals surface area contributed by atoms with Gasteiger partial charge in [-0.15, -0.1) is 0 Å². The molecule has 1 saturated heterocycles. The standard InChI is InChI=1S/C21H26N4O/c1-13-5-8-15(9-6-13)25-19-4-2-3-16(19)20(23-25)21(26)24-11-14-7-10-18(22)17(14)12-24/h5-6,8-9,14,17-18H,2-4,7,10-12,22H2,1H3. The van der Waals surface area contributed by atoms with Crippen molar-refractivity contribution in [3.63, 3.8) is 0 Å². The predicted molar refractivity (Wildman–Crippen MR) is 100 cm³/mol. The molecule has 2 fully saturated rings. The van der Waals surface area contributed by atoms with E-state index in [0.29, 0.717) is 17.5 Å². The van der Waals surface area contributed by atoms with E-state index in [1.165, 1.54) is 11.3 Å². The van der Waals surface area contributed by atoms with Gasteiger partial charge in [-0.1, -0.05) is 17.7 Å². The third-order valence-corrected chi connectivity index (χ3v) is 6.61. The first-order valence-corrected chi connectivity index (χ1v) is 9.84. The van der Waals surface area contributed by atoms with Crippen molar-refractivity contribution in [2.24, 2.45) is 17.6 Å². The summed E-state index contributed by atoms with van der Waals surface area (Å²) >= 11 is 0. The lowest BCUT2D eigenvalue weighted by molar-refractivity contribution is 0.0772. The zero-order valence-electron chi connectivity index (χ0n) is 15.3. The zero-order valence-corrected chi connectivity index (χ0v) is 15.3. The first-order chi connectivity index (χ1) is 12.6. The second kappa shape index (κ2) is 5.95. The number of hydrogen-bond donors (Lipinski definition) is 1. The van der Waals surface area contributed by atoms with Crippen LogP contribution >= 0.6 is 0 Å². The normalized spacial score (nSPS) is 27.0. The summed E-state index contributed by atoms with van der Waals surface area (Å²) < 4.78 is 2.00. The van der Waals surface area contributed by atoms with Crippen molar-refractivity contribution >= 4 is 5.91 Å². The van der Waals surface area contributed by atoms with E-state index >= 15 is 0 Å². The van der Waals surface area contributed by atoms with Crippen LogP contribution < -0.4 is 5.73 Å². The molecule has 2 heterocycles. The molecule has 1 aliphatic heterocycles. The largest absolute Gasteiger partial charge is 0.337 e. The van der Waals surface area contributed by atoms with Gasteiger partial charge in [-0.2, -0.15) is 5.10 Å². The van der Waals surface area contributed by atoms with E-state index in [1.807, 2.05) is 9.58 Å². The van der Waals surface area contributed by atoms with Gasteiger partial charge < -0.3 is 10.6 Å². The molecule has 0 bridgehead atoms. The molecule has 3 aliphatic rings. The number of nitrogens with two attached hydrogens (primary N) is 1. The van der Waals surface area contributed by atoms with Crippen molar-refractivity contribution in [3.8, 4) is 5.69 Å². The maximum absolute atomic E-state index is 13.3. The summed E-state index contributed by atoms with van der Waals surface area (Å²) in [6, 6.07) is 8.64. The lowest BCUT2D eigenvalue weighted by Crippen LogP contribution is -2.34. The number of nitrogens with zero attached hydrogens (tertiary/aromatic N) is 3. The fourth-order valence-electron chi connectivity index (χ4n) is 5.13. The maximum atomic E-state index is 13.3. The highest BCUT2D eigenvalue weighted by Gasteiger charge is 2.43. The molecular weight excluding hydrogens is 324 g/mol. The van der Waals surface area contributed by atoms with Crippen LogP contribution in [0.1, 0.15) is 46.6 Å². The SMILES string of the molecule is Cc1ccc(-n2nc(C(=O)N3CC4CCC(N)C4C3)c3c2CCC3)cc1. The van der Waals surface area contributed by atoms with Crippen LogP contribution in [0.3, 0.4) is 0 Å². The summed E-state index contributed by atoms with van der Waals surface area (Å²) in [6.07, 6.45) is 5.33. The topological polar surface area (TPSA) is 64.2 Å². The molecule has 2 aliphatic carbocycles. The Morgan fingerprint density at radius 2 is 1.96 bits per heavy atom. The van der Waals surface area contributed by atoms with Gasteiger partial charge in [0.25, 0.3) is 5.91 Å². The molecule has 26 heavy (non-hydrogen) atoms. The summed E-state index contributed by atoms with van der Waals surface area (Å²) in [6.45, 7) is 3.74. The van der Waals surface area contributed by atoms with Gasteiger partial charge >= 0.3 is 0 Å². The number of carbonyl (C=O) groups excluding carboxylic acids is 1. The molecule has 1 aromatic carbocycles. The summed E-state index contributed by atoms with van der Waals surface area (Å²) in [5.41, 5.74) is 11.6. The summed E-state index contributed by atoms with van der Waals surface area (Å²) in [5, 5.41) is 4.78. The minimum atomic E-state index is 0.107. The third-order valence-electron chi connectivity index (χ3n) is 6.61. The molecule has 2 N–H and O–H groups in total. The van der Waals surface area contributed by atoms with E-state index in [1.54, 1.807) is 0 Å². The zero-order chi connectivity index (χ0) is 17.8. The minimum absolute atomic E-state index is 0.107. The Morgan fingerprint density at radius 3 is 2.73 bits per heavy atom. The van der Waals surface area contributed by atoms with Crippen LogP contribution in [0, 0.1) is 18.8 Å². The number of amides is 1. The molecule has 1 amide bonds. The first kappa shape index (κ1) is 16.1. The Morgan fingerprint density at radius 1 is 1.15 bits per heavy atom. The van der Waals surface area contributed by atoms with Crippen LogP contribution in [-0.2, 0) is 12.8 Å². The van der Waals surface area contributed by atoms with Crippen LogP contribution in [0.15, 0.2) is 24.3 Å². The molecule has 136 valence electrons. The number of aromatic nitrogens is 2. The van der Waals surface area contributed by atoms with Crippen LogP contribution in [-0.4, -0.2) is 39.7 Å². The van der Waals surface area contributed by atoms with Crippen molar-refractivity contribution in [3.05, 3.63) is 46.8 Å². The smallest absolute Gasteiger partial charge is 0.274 e. The molecule has 5 nitrogen and oxygen atoms in total. The van der Waals surface area contributed by atoms with Gasteiger partial charge in [0, 0.05) is 30.4 Å². The van der Waals surface area contributed by atoms with Gasteiger partial charge in [-0.3, -0.25) is 4.79 Å². The highest BCUT2D eigenvalue weighted by atomic mass is 16.2. The molecule has 2 aromatic rings. The van der Waals surface area contributed by atoms with E-state index in [0.717, 1.165) is 56.4 Å². The summed E-state index contributed by atoms with van der Waals surface area (Å²) in [5.74, 6) is 1.17. The van der Waals surface area contributed by atoms with Crippen LogP contribution in [0.2, 0.25) is 0 Å². The van der Waals surface area contributed by atoms with E-state index < -0.39 is 0 Å². The van der Waals surface area contributed by atoms with Gasteiger partial charge in [0.05, 0.1) is 5.69 Å². The monoisotopic (exact) mass is 350 g/mol. The summed E-state index contributed by atoms with van der Waals surface area (Å²) in [7, 11) is 0. The van der Waals surface area contributed by atoms with Crippen molar-refractivity contribution in [1.29, 1.82) is 0 Å². The number of fused-ring (bicyclic) bond motifs is 2. The van der Waals surface area contributed by atoms with Crippen LogP contribution in [0.5, 0.6) is 0 Å². The van der Waals surface area contributed by atoms with E-state index in [4.69, 9.17) is 10.8 Å². The van der Waals surface area contributed by atoms with Gasteiger partial charge in [0.15, 0.2) is 5.69 Å². The van der Waals surface area contributed by atoms with Crippen LogP contribution in [0.25, 0.3) is 5.69 Å². The summed E-state index contributed by atoms with van der Waals surface area (Å²) in [4.78, 5) is 15.3.